The molecule has 2 nitrogen and oxygen atoms in total. The Hall–Kier alpha value is -0.340. The van der Waals surface area contributed by atoms with Gasteiger partial charge >= 0.3 is 0 Å². The zero-order valence-electron chi connectivity index (χ0n) is 10.5. The number of hydrogen-bond acceptors (Lipinski definition) is 2. The molecule has 1 fully saturated rings. The molecule has 0 aromatic carbocycles. The summed E-state index contributed by atoms with van der Waals surface area (Å²) in [7, 11) is 2.21. The van der Waals surface area contributed by atoms with E-state index >= 15 is 0 Å². The molecular weight excluding hydrogens is 186 g/mol. The Balaban J connectivity index is 2.21. The zero-order valence-corrected chi connectivity index (χ0v) is 10.5. The average molecular weight is 209 g/mol. The molecule has 2 rings (SSSR count). The molecule has 0 radical (unpaired) electrons. The second kappa shape index (κ2) is 3.91. The predicted molar refractivity (Wildman–Crippen MR) is 63.0 cm³/mol. The molecule has 2 heteroatoms. The zero-order chi connectivity index (χ0) is 11.1. The van der Waals surface area contributed by atoms with Crippen LogP contribution in [0, 0.1) is 0 Å². The fourth-order valence-corrected chi connectivity index (χ4v) is 2.92. The lowest BCUT2D eigenvalue weighted by molar-refractivity contribution is -0.0329. The van der Waals surface area contributed by atoms with Gasteiger partial charge in [0.15, 0.2) is 0 Å². The number of hydrogen-bond donors (Lipinski definition) is 0. The molecule has 0 saturated carbocycles. The van der Waals surface area contributed by atoms with Crippen molar-refractivity contribution < 1.29 is 4.74 Å². The van der Waals surface area contributed by atoms with Gasteiger partial charge in [-0.15, -0.1) is 0 Å². The molecule has 1 saturated heterocycles. The van der Waals surface area contributed by atoms with E-state index in [4.69, 9.17) is 4.74 Å². The van der Waals surface area contributed by atoms with Crippen molar-refractivity contribution in [1.82, 2.24) is 4.90 Å². The van der Waals surface area contributed by atoms with E-state index in [0.717, 1.165) is 13.0 Å². The van der Waals surface area contributed by atoms with Crippen LogP contribution in [0.25, 0.3) is 0 Å². The quantitative estimate of drug-likeness (QED) is 0.569. The van der Waals surface area contributed by atoms with Gasteiger partial charge in [-0.2, -0.15) is 0 Å². The van der Waals surface area contributed by atoms with Crippen LogP contribution in [0.3, 0.4) is 0 Å². The minimum Gasteiger partial charge on any atom is -0.363 e. The third kappa shape index (κ3) is 1.85. The van der Waals surface area contributed by atoms with Crippen molar-refractivity contribution in [3.05, 3.63) is 11.1 Å². The fourth-order valence-electron chi connectivity index (χ4n) is 2.92. The topological polar surface area (TPSA) is 12.5 Å². The van der Waals surface area contributed by atoms with Crippen molar-refractivity contribution >= 4 is 0 Å². The highest BCUT2D eigenvalue weighted by Crippen LogP contribution is 2.42. The summed E-state index contributed by atoms with van der Waals surface area (Å²) in [6, 6.07) is 0. The van der Waals surface area contributed by atoms with Gasteiger partial charge in [0.25, 0.3) is 0 Å². The van der Waals surface area contributed by atoms with Crippen LogP contribution in [0.1, 0.15) is 40.0 Å². The number of ether oxygens (including phenoxy) is 1. The van der Waals surface area contributed by atoms with Gasteiger partial charge in [0.2, 0.25) is 0 Å². The maximum absolute atomic E-state index is 6.24. The first-order valence-electron chi connectivity index (χ1n) is 6.09. The third-order valence-electron chi connectivity index (χ3n) is 4.30. The molecule has 0 amide bonds. The van der Waals surface area contributed by atoms with E-state index in [1.807, 2.05) is 0 Å². The van der Waals surface area contributed by atoms with Crippen LogP contribution in [0.2, 0.25) is 0 Å². The van der Waals surface area contributed by atoms with Gasteiger partial charge in [0, 0.05) is 6.54 Å². The van der Waals surface area contributed by atoms with Crippen molar-refractivity contribution in [2.75, 3.05) is 20.1 Å². The van der Waals surface area contributed by atoms with E-state index in [0.29, 0.717) is 6.10 Å². The van der Waals surface area contributed by atoms with Crippen LogP contribution in [-0.2, 0) is 4.74 Å². The molecule has 2 heterocycles. The van der Waals surface area contributed by atoms with Crippen LogP contribution in [0.4, 0.5) is 0 Å². The van der Waals surface area contributed by atoms with Gasteiger partial charge < -0.3 is 9.64 Å². The lowest BCUT2D eigenvalue weighted by Crippen LogP contribution is -2.33. The second-order valence-electron chi connectivity index (χ2n) is 5.22. The summed E-state index contributed by atoms with van der Waals surface area (Å²) in [4.78, 5) is 2.42. The first-order chi connectivity index (χ1) is 7.05. The highest BCUT2D eigenvalue weighted by atomic mass is 16.5. The van der Waals surface area contributed by atoms with Crippen molar-refractivity contribution in [1.29, 1.82) is 0 Å². The molecule has 15 heavy (non-hydrogen) atoms. The summed E-state index contributed by atoms with van der Waals surface area (Å²) in [5.41, 5.74) is 3.04. The fraction of sp³-hybridized carbons (Fsp3) is 0.846. The van der Waals surface area contributed by atoms with Gasteiger partial charge in [-0.25, -0.2) is 0 Å². The Morgan fingerprint density at radius 3 is 2.60 bits per heavy atom. The van der Waals surface area contributed by atoms with Gasteiger partial charge in [0.1, 0.15) is 0 Å². The smallest absolute Gasteiger partial charge is 0.0913 e. The Morgan fingerprint density at radius 1 is 1.27 bits per heavy atom. The largest absolute Gasteiger partial charge is 0.363 e. The lowest BCUT2D eigenvalue weighted by Gasteiger charge is -2.30. The number of rotatable bonds is 0. The van der Waals surface area contributed by atoms with Crippen molar-refractivity contribution in [2.24, 2.45) is 0 Å². The summed E-state index contributed by atoms with van der Waals surface area (Å²) in [6.45, 7) is 9.05. The molecule has 0 N–H and O–H groups in total. The minimum absolute atomic E-state index is 0.0776. The summed E-state index contributed by atoms with van der Waals surface area (Å²) in [5.74, 6) is 0. The highest BCUT2D eigenvalue weighted by molar-refractivity contribution is 5.29. The third-order valence-corrected chi connectivity index (χ3v) is 4.30. The van der Waals surface area contributed by atoms with E-state index in [1.165, 1.54) is 30.5 Å². The molecule has 86 valence electrons. The van der Waals surface area contributed by atoms with Gasteiger partial charge in [-0.3, -0.25) is 0 Å². The first-order valence-corrected chi connectivity index (χ1v) is 6.09. The summed E-state index contributed by atoms with van der Waals surface area (Å²) in [6.07, 6.45) is 3.95. The van der Waals surface area contributed by atoms with Crippen LogP contribution in [0.15, 0.2) is 11.1 Å². The number of likely N-dealkylation sites (tertiary alicyclic amines) is 1. The molecule has 1 spiro atoms. The molecule has 2 unspecified atom stereocenters. The van der Waals surface area contributed by atoms with Crippen molar-refractivity contribution in [3.8, 4) is 0 Å². The van der Waals surface area contributed by atoms with E-state index in [9.17, 15) is 0 Å². The monoisotopic (exact) mass is 209 g/mol. The van der Waals surface area contributed by atoms with E-state index in [-0.39, 0.29) is 5.60 Å². The lowest BCUT2D eigenvalue weighted by atomic mass is 9.86. The molecular formula is C13H23NO. The molecule has 0 aromatic heterocycles. The Labute approximate surface area is 93.3 Å². The number of nitrogens with zero attached hydrogens (tertiary/aromatic N) is 1. The van der Waals surface area contributed by atoms with Crippen molar-refractivity contribution in [3.63, 3.8) is 0 Å². The highest BCUT2D eigenvalue weighted by Gasteiger charge is 2.42. The molecule has 2 atom stereocenters. The van der Waals surface area contributed by atoms with Gasteiger partial charge in [-0.05, 0) is 64.8 Å². The van der Waals surface area contributed by atoms with Crippen LogP contribution < -0.4 is 0 Å². The van der Waals surface area contributed by atoms with Gasteiger partial charge in [0.05, 0.1) is 11.7 Å². The van der Waals surface area contributed by atoms with Crippen LogP contribution in [0.5, 0.6) is 0 Å². The Morgan fingerprint density at radius 2 is 2.00 bits per heavy atom. The second-order valence-corrected chi connectivity index (χ2v) is 5.22. The Bertz CT molecular complexity index is 284. The van der Waals surface area contributed by atoms with Crippen LogP contribution >= 0.6 is 0 Å². The standard InChI is InChI=1S/C13H23NO/c1-10-11(2)13(15-12(10)3)6-5-8-14(4)9-7-13/h12H,5-9H2,1-4H3. The van der Waals surface area contributed by atoms with E-state index in [2.05, 4.69) is 32.7 Å². The summed E-state index contributed by atoms with van der Waals surface area (Å²) >= 11 is 0. The summed E-state index contributed by atoms with van der Waals surface area (Å²) in [5, 5.41) is 0. The van der Waals surface area contributed by atoms with Crippen LogP contribution in [-0.4, -0.2) is 36.7 Å². The normalized spacial score (nSPS) is 38.8. The predicted octanol–water partition coefficient (Wildman–Crippen LogP) is 2.60. The maximum atomic E-state index is 6.24. The SMILES string of the molecule is CC1=C(C)C2(CCCN(C)CC2)OC1C. The van der Waals surface area contributed by atoms with E-state index < -0.39 is 0 Å². The molecule has 0 aromatic rings. The Kier molecular flexibility index (Phi) is 2.91. The average Bonchev–Trinajstić information content (AvgIpc) is 2.39. The summed E-state index contributed by atoms with van der Waals surface area (Å²) < 4.78 is 6.24. The van der Waals surface area contributed by atoms with Crippen molar-refractivity contribution in [2.45, 2.75) is 51.7 Å². The molecule has 0 bridgehead atoms. The molecule has 2 aliphatic rings. The van der Waals surface area contributed by atoms with Gasteiger partial charge in [-0.1, -0.05) is 0 Å². The minimum atomic E-state index is 0.0776. The first kappa shape index (κ1) is 11.2. The molecule has 2 aliphatic heterocycles. The van der Waals surface area contributed by atoms with E-state index in [1.54, 1.807) is 0 Å². The molecule has 0 aliphatic carbocycles. The maximum Gasteiger partial charge on any atom is 0.0913 e.